The largest absolute Gasteiger partial charge is 0.389 e. The fourth-order valence-corrected chi connectivity index (χ4v) is 1.52. The predicted molar refractivity (Wildman–Crippen MR) is 69.4 cm³/mol. The molecule has 0 saturated heterocycles. The first kappa shape index (κ1) is 12.4. The maximum atomic E-state index is 10.6. The molecule has 0 aliphatic rings. The lowest BCUT2D eigenvalue weighted by atomic mass is 10.1. The van der Waals surface area contributed by atoms with Crippen molar-refractivity contribution in [3.05, 3.63) is 29.3 Å². The van der Waals surface area contributed by atoms with E-state index >= 15 is 0 Å². The highest BCUT2D eigenvalue weighted by molar-refractivity contribution is 7.80. The van der Waals surface area contributed by atoms with Crippen LogP contribution in [0, 0.1) is 6.92 Å². The number of anilines is 1. The summed E-state index contributed by atoms with van der Waals surface area (Å²) in [4.78, 5) is 10.9. The van der Waals surface area contributed by atoms with E-state index in [2.05, 4.69) is 5.32 Å². The van der Waals surface area contributed by atoms with Crippen molar-refractivity contribution < 1.29 is 4.79 Å². The van der Waals surface area contributed by atoms with Crippen molar-refractivity contribution in [3.8, 4) is 0 Å². The Morgan fingerprint density at radius 2 is 2.12 bits per heavy atom. The molecule has 5 heteroatoms. The van der Waals surface area contributed by atoms with E-state index in [4.69, 9.17) is 23.7 Å². The monoisotopic (exact) mass is 237 g/mol. The molecule has 16 heavy (non-hydrogen) atoms. The van der Waals surface area contributed by atoms with E-state index < -0.39 is 0 Å². The fraction of sp³-hybridized carbons (Fsp3) is 0.273. The number of primary amides is 1. The molecule has 0 heterocycles. The Bertz CT molecular complexity index is 418. The molecular formula is C11H15N3OS. The third kappa shape index (κ3) is 3.51. The Balaban J connectivity index is 2.80. The molecule has 5 N–H and O–H groups in total. The third-order valence-corrected chi connectivity index (χ3v) is 2.35. The zero-order valence-corrected chi connectivity index (χ0v) is 9.93. The molecule has 0 aromatic heterocycles. The second kappa shape index (κ2) is 5.46. The predicted octanol–water partition coefficient (Wildman–Crippen LogP) is 0.917. The van der Waals surface area contributed by atoms with Gasteiger partial charge in [-0.2, -0.15) is 0 Å². The maximum Gasteiger partial charge on any atom is 0.219 e. The van der Waals surface area contributed by atoms with E-state index in [1.54, 1.807) is 0 Å². The average Bonchev–Trinajstić information content (AvgIpc) is 2.16. The summed E-state index contributed by atoms with van der Waals surface area (Å²) >= 11 is 4.94. The van der Waals surface area contributed by atoms with Gasteiger partial charge in [0.25, 0.3) is 0 Å². The molecule has 86 valence electrons. The minimum absolute atomic E-state index is 0.282. The zero-order chi connectivity index (χ0) is 12.1. The van der Waals surface area contributed by atoms with Crippen LogP contribution >= 0.6 is 12.2 Å². The van der Waals surface area contributed by atoms with Crippen LogP contribution in [0.5, 0.6) is 0 Å². The van der Waals surface area contributed by atoms with E-state index in [9.17, 15) is 4.79 Å². The maximum absolute atomic E-state index is 10.6. The number of carbonyl (C=O) groups excluding carboxylic acids is 1. The Kier molecular flexibility index (Phi) is 4.25. The lowest BCUT2D eigenvalue weighted by molar-refractivity contribution is -0.117. The summed E-state index contributed by atoms with van der Waals surface area (Å²) in [6.45, 7) is 2.46. The van der Waals surface area contributed by atoms with Gasteiger partial charge in [0.2, 0.25) is 5.91 Å². The standard InChI is InChI=1S/C11H15N3OS/c1-7-2-3-8(11(13)16)9(6-7)14-5-4-10(12)15/h2-3,6,14H,4-5H2,1H3,(H2,12,15)(H2,13,16). The Labute approximate surface area is 100 Å². The van der Waals surface area contributed by atoms with Gasteiger partial charge < -0.3 is 16.8 Å². The zero-order valence-electron chi connectivity index (χ0n) is 9.12. The van der Waals surface area contributed by atoms with Crippen LogP contribution in [0.3, 0.4) is 0 Å². The first-order valence-electron chi connectivity index (χ1n) is 4.93. The minimum atomic E-state index is -0.336. The molecule has 0 spiro atoms. The van der Waals surface area contributed by atoms with Crippen LogP contribution in [0.15, 0.2) is 18.2 Å². The molecule has 1 amide bonds. The van der Waals surface area contributed by atoms with Crippen LogP contribution in [0.2, 0.25) is 0 Å². The number of thiocarbonyl (C=S) groups is 1. The van der Waals surface area contributed by atoms with Gasteiger partial charge in [0.1, 0.15) is 4.99 Å². The highest BCUT2D eigenvalue weighted by Crippen LogP contribution is 2.17. The minimum Gasteiger partial charge on any atom is -0.389 e. The van der Waals surface area contributed by atoms with Gasteiger partial charge in [-0.15, -0.1) is 0 Å². The van der Waals surface area contributed by atoms with Gasteiger partial charge in [0.15, 0.2) is 0 Å². The lowest BCUT2D eigenvalue weighted by Gasteiger charge is -2.11. The van der Waals surface area contributed by atoms with Crippen molar-refractivity contribution in [1.82, 2.24) is 0 Å². The number of nitrogens with two attached hydrogens (primary N) is 2. The summed E-state index contributed by atoms with van der Waals surface area (Å²) in [5, 5.41) is 3.10. The molecule has 1 aromatic carbocycles. The van der Waals surface area contributed by atoms with E-state index in [0.717, 1.165) is 16.8 Å². The molecule has 4 nitrogen and oxygen atoms in total. The third-order valence-electron chi connectivity index (χ3n) is 2.13. The smallest absolute Gasteiger partial charge is 0.219 e. The number of benzene rings is 1. The summed E-state index contributed by atoms with van der Waals surface area (Å²) < 4.78 is 0. The van der Waals surface area contributed by atoms with Crippen molar-refractivity contribution in [2.45, 2.75) is 13.3 Å². The summed E-state index contributed by atoms with van der Waals surface area (Å²) in [6.07, 6.45) is 0.282. The molecule has 1 rings (SSSR count). The molecular weight excluding hydrogens is 222 g/mol. The second-order valence-corrected chi connectivity index (χ2v) is 4.00. The van der Waals surface area contributed by atoms with Gasteiger partial charge in [0.05, 0.1) is 0 Å². The average molecular weight is 237 g/mol. The van der Waals surface area contributed by atoms with Crippen LogP contribution in [0.4, 0.5) is 5.69 Å². The fourth-order valence-electron chi connectivity index (χ4n) is 1.34. The van der Waals surface area contributed by atoms with Crippen molar-refractivity contribution >= 4 is 28.8 Å². The van der Waals surface area contributed by atoms with Gasteiger partial charge >= 0.3 is 0 Å². The molecule has 0 atom stereocenters. The van der Waals surface area contributed by atoms with E-state index in [0.29, 0.717) is 11.5 Å². The van der Waals surface area contributed by atoms with Gasteiger partial charge in [-0.1, -0.05) is 18.3 Å². The number of hydrogen-bond donors (Lipinski definition) is 3. The highest BCUT2D eigenvalue weighted by atomic mass is 32.1. The number of hydrogen-bond acceptors (Lipinski definition) is 3. The number of aryl methyl sites for hydroxylation is 1. The lowest BCUT2D eigenvalue weighted by Crippen LogP contribution is -2.18. The van der Waals surface area contributed by atoms with E-state index in [-0.39, 0.29) is 12.3 Å². The molecule has 0 fully saturated rings. The second-order valence-electron chi connectivity index (χ2n) is 3.56. The van der Waals surface area contributed by atoms with Crippen LogP contribution < -0.4 is 16.8 Å². The van der Waals surface area contributed by atoms with Crippen molar-refractivity contribution in [2.24, 2.45) is 11.5 Å². The summed E-state index contributed by atoms with van der Waals surface area (Å²) in [5.41, 5.74) is 13.4. The molecule has 0 saturated carbocycles. The molecule has 0 unspecified atom stereocenters. The molecule has 0 radical (unpaired) electrons. The van der Waals surface area contributed by atoms with Crippen molar-refractivity contribution in [2.75, 3.05) is 11.9 Å². The van der Waals surface area contributed by atoms with E-state index in [1.165, 1.54) is 0 Å². The molecule has 1 aromatic rings. The summed E-state index contributed by atoms with van der Waals surface area (Å²) in [7, 11) is 0. The van der Waals surface area contributed by atoms with Crippen LogP contribution in [-0.2, 0) is 4.79 Å². The molecule has 0 aliphatic carbocycles. The first-order valence-corrected chi connectivity index (χ1v) is 5.34. The van der Waals surface area contributed by atoms with Crippen LogP contribution in [-0.4, -0.2) is 17.4 Å². The summed E-state index contributed by atoms with van der Waals surface area (Å²) in [5.74, 6) is -0.336. The Hall–Kier alpha value is -1.62. The van der Waals surface area contributed by atoms with Gasteiger partial charge in [-0.05, 0) is 24.6 Å². The molecule has 0 aliphatic heterocycles. The van der Waals surface area contributed by atoms with E-state index in [1.807, 2.05) is 25.1 Å². The number of nitrogens with one attached hydrogen (secondary N) is 1. The van der Waals surface area contributed by atoms with Gasteiger partial charge in [-0.25, -0.2) is 0 Å². The number of carbonyl (C=O) groups is 1. The summed E-state index contributed by atoms with van der Waals surface area (Å²) in [6, 6.07) is 5.74. The quantitative estimate of drug-likeness (QED) is 0.665. The van der Waals surface area contributed by atoms with Gasteiger partial charge in [-0.3, -0.25) is 4.79 Å². The first-order chi connectivity index (χ1) is 7.50. The van der Waals surface area contributed by atoms with Crippen LogP contribution in [0.25, 0.3) is 0 Å². The molecule has 0 bridgehead atoms. The Morgan fingerprint density at radius 3 is 2.69 bits per heavy atom. The topological polar surface area (TPSA) is 81.1 Å². The highest BCUT2D eigenvalue weighted by Gasteiger charge is 2.05. The number of amides is 1. The Morgan fingerprint density at radius 1 is 1.44 bits per heavy atom. The normalized spacial score (nSPS) is 9.81. The van der Waals surface area contributed by atoms with Crippen LogP contribution in [0.1, 0.15) is 17.5 Å². The SMILES string of the molecule is Cc1ccc(C(N)=S)c(NCCC(N)=O)c1. The van der Waals surface area contributed by atoms with Gasteiger partial charge in [0, 0.05) is 24.2 Å². The van der Waals surface area contributed by atoms with Crippen molar-refractivity contribution in [1.29, 1.82) is 0 Å². The van der Waals surface area contributed by atoms with Crippen molar-refractivity contribution in [3.63, 3.8) is 0 Å². The number of rotatable bonds is 5.